The maximum Gasteiger partial charge on any atom is 0.264 e. The number of carbonyl (C=O) groups is 1. The van der Waals surface area contributed by atoms with Gasteiger partial charge in [-0.3, -0.25) is 9.10 Å². The number of rotatable bonds is 13. The topological polar surface area (TPSA) is 97.3 Å². The molecule has 11 heteroatoms. The van der Waals surface area contributed by atoms with Crippen molar-refractivity contribution in [2.45, 2.75) is 30.2 Å². The van der Waals surface area contributed by atoms with E-state index in [1.54, 1.807) is 60.7 Å². The number of halogens is 1. The van der Waals surface area contributed by atoms with Gasteiger partial charge in [0.1, 0.15) is 13.2 Å². The SMILES string of the molecule is CCOc1cc(/C=N\NC(=O)CN(c2ccc(C)cc2)S(=O)(=O)c2ccc(SC)cc2)ccc1OCc1cccc(Cl)c1. The summed E-state index contributed by atoms with van der Waals surface area (Å²) in [6.45, 7) is 4.04. The molecule has 1 amide bonds. The Kier molecular flexibility index (Phi) is 11.1. The number of hydrogen-bond acceptors (Lipinski definition) is 7. The summed E-state index contributed by atoms with van der Waals surface area (Å²) in [6, 6.07) is 26.2. The van der Waals surface area contributed by atoms with Crippen molar-refractivity contribution in [3.63, 3.8) is 0 Å². The highest BCUT2D eigenvalue weighted by Gasteiger charge is 2.27. The van der Waals surface area contributed by atoms with E-state index in [1.807, 2.05) is 38.3 Å². The van der Waals surface area contributed by atoms with Crippen LogP contribution in [0.1, 0.15) is 23.6 Å². The third-order valence-electron chi connectivity index (χ3n) is 6.21. The Bertz CT molecular complexity index is 1680. The Morgan fingerprint density at radius 1 is 0.977 bits per heavy atom. The van der Waals surface area contributed by atoms with Gasteiger partial charge in [0.15, 0.2) is 11.5 Å². The minimum absolute atomic E-state index is 0.0864. The van der Waals surface area contributed by atoms with Crippen LogP contribution in [0.4, 0.5) is 5.69 Å². The number of thioether (sulfide) groups is 1. The molecule has 0 aliphatic heterocycles. The summed E-state index contributed by atoms with van der Waals surface area (Å²) >= 11 is 7.58. The van der Waals surface area contributed by atoms with Crippen LogP contribution in [-0.2, 0) is 21.4 Å². The number of hydrazone groups is 1. The van der Waals surface area contributed by atoms with E-state index in [2.05, 4.69) is 10.5 Å². The lowest BCUT2D eigenvalue weighted by Crippen LogP contribution is -2.39. The highest BCUT2D eigenvalue weighted by Crippen LogP contribution is 2.29. The highest BCUT2D eigenvalue weighted by atomic mass is 35.5. The first-order valence-corrected chi connectivity index (χ1v) is 16.4. The van der Waals surface area contributed by atoms with Gasteiger partial charge in [-0.2, -0.15) is 5.10 Å². The quantitative estimate of drug-likeness (QED) is 0.0996. The van der Waals surface area contributed by atoms with E-state index in [1.165, 1.54) is 30.1 Å². The van der Waals surface area contributed by atoms with Gasteiger partial charge in [0, 0.05) is 9.92 Å². The molecule has 4 rings (SSSR count). The predicted molar refractivity (Wildman–Crippen MR) is 173 cm³/mol. The van der Waals surface area contributed by atoms with Gasteiger partial charge >= 0.3 is 0 Å². The molecule has 43 heavy (non-hydrogen) atoms. The number of carbonyl (C=O) groups excluding carboxylic acids is 1. The molecule has 0 radical (unpaired) electrons. The maximum absolute atomic E-state index is 13.6. The third kappa shape index (κ3) is 8.76. The minimum atomic E-state index is -4.04. The van der Waals surface area contributed by atoms with Crippen LogP contribution >= 0.6 is 23.4 Å². The fourth-order valence-corrected chi connectivity index (χ4v) is 6.07. The fraction of sp³-hybridized carbons (Fsp3) is 0.188. The number of nitrogens with one attached hydrogen (secondary N) is 1. The van der Waals surface area contributed by atoms with Gasteiger partial charge in [-0.25, -0.2) is 13.8 Å². The van der Waals surface area contributed by atoms with Crippen molar-refractivity contribution >= 4 is 51.2 Å². The zero-order chi connectivity index (χ0) is 30.8. The second-order valence-corrected chi connectivity index (χ2v) is 12.6. The number of amides is 1. The Hall–Kier alpha value is -3.99. The molecule has 4 aromatic rings. The molecule has 0 atom stereocenters. The number of benzene rings is 4. The number of anilines is 1. The molecule has 4 aromatic carbocycles. The molecular weight excluding hydrogens is 606 g/mol. The fourth-order valence-electron chi connectivity index (χ4n) is 4.03. The molecule has 0 saturated carbocycles. The normalized spacial score (nSPS) is 11.3. The van der Waals surface area contributed by atoms with Crippen LogP contribution in [0.3, 0.4) is 0 Å². The largest absolute Gasteiger partial charge is 0.490 e. The molecule has 0 aliphatic rings. The number of ether oxygens (including phenoxy) is 2. The Morgan fingerprint density at radius 3 is 2.40 bits per heavy atom. The van der Waals surface area contributed by atoms with Crippen molar-refractivity contribution in [3.8, 4) is 11.5 Å². The summed E-state index contributed by atoms with van der Waals surface area (Å²) in [5.74, 6) is 0.462. The average Bonchev–Trinajstić information content (AvgIpc) is 3.00. The molecule has 0 aliphatic carbocycles. The van der Waals surface area contributed by atoms with Crippen LogP contribution in [0.2, 0.25) is 5.02 Å². The van der Waals surface area contributed by atoms with E-state index < -0.39 is 22.5 Å². The van der Waals surface area contributed by atoms with Crippen LogP contribution in [0.5, 0.6) is 11.5 Å². The van der Waals surface area contributed by atoms with Crippen molar-refractivity contribution in [2.24, 2.45) is 5.10 Å². The average molecular weight is 638 g/mol. The first-order chi connectivity index (χ1) is 20.7. The lowest BCUT2D eigenvalue weighted by molar-refractivity contribution is -0.119. The molecule has 1 N–H and O–H groups in total. The standard InChI is InChI=1S/C32H32ClN3O5S2/c1-4-40-31-19-24(10-17-30(31)41-22-25-6-5-7-26(33)18-25)20-34-35-32(37)21-36(27-11-8-23(2)9-12-27)43(38,39)29-15-13-28(42-3)14-16-29/h5-20H,4,21-22H2,1-3H3,(H,35,37)/b34-20-. The smallest absolute Gasteiger partial charge is 0.264 e. The van der Waals surface area contributed by atoms with Gasteiger partial charge in [0.25, 0.3) is 15.9 Å². The third-order valence-corrected chi connectivity index (χ3v) is 8.98. The highest BCUT2D eigenvalue weighted by molar-refractivity contribution is 7.98. The van der Waals surface area contributed by atoms with Gasteiger partial charge in [-0.15, -0.1) is 11.8 Å². The lowest BCUT2D eigenvalue weighted by atomic mass is 10.2. The van der Waals surface area contributed by atoms with E-state index in [9.17, 15) is 13.2 Å². The molecule has 0 unspecified atom stereocenters. The van der Waals surface area contributed by atoms with E-state index in [4.69, 9.17) is 21.1 Å². The second-order valence-electron chi connectivity index (χ2n) is 9.37. The summed E-state index contributed by atoms with van der Waals surface area (Å²) in [5, 5.41) is 4.68. The van der Waals surface area contributed by atoms with Gasteiger partial charge in [0.05, 0.1) is 23.4 Å². The molecule has 0 fully saturated rings. The minimum Gasteiger partial charge on any atom is -0.490 e. The van der Waals surface area contributed by atoms with E-state index in [-0.39, 0.29) is 4.90 Å². The first kappa shape index (κ1) is 31.9. The zero-order valence-corrected chi connectivity index (χ0v) is 26.4. The molecule has 0 saturated heterocycles. The van der Waals surface area contributed by atoms with Crippen LogP contribution in [0.25, 0.3) is 0 Å². The molecule has 0 bridgehead atoms. The summed E-state index contributed by atoms with van der Waals surface area (Å²) in [5.41, 5.74) is 5.34. The van der Waals surface area contributed by atoms with E-state index >= 15 is 0 Å². The van der Waals surface area contributed by atoms with Gasteiger partial charge in [-0.1, -0.05) is 41.4 Å². The molecule has 0 heterocycles. The van der Waals surface area contributed by atoms with Crippen LogP contribution in [0, 0.1) is 6.92 Å². The first-order valence-electron chi connectivity index (χ1n) is 13.4. The van der Waals surface area contributed by atoms with Crippen molar-refractivity contribution in [1.82, 2.24) is 5.43 Å². The van der Waals surface area contributed by atoms with Crippen molar-refractivity contribution in [3.05, 3.63) is 113 Å². The Balaban J connectivity index is 1.47. The molecule has 0 aromatic heterocycles. The van der Waals surface area contributed by atoms with Crippen LogP contribution in [0.15, 0.2) is 106 Å². The van der Waals surface area contributed by atoms with Gasteiger partial charge < -0.3 is 9.47 Å². The summed E-state index contributed by atoms with van der Waals surface area (Å²) < 4.78 is 40.0. The molecule has 224 valence electrons. The Morgan fingerprint density at radius 2 is 1.72 bits per heavy atom. The van der Waals surface area contributed by atoms with Crippen LogP contribution in [-0.4, -0.2) is 39.9 Å². The number of nitrogens with zero attached hydrogens (tertiary/aromatic N) is 2. The monoisotopic (exact) mass is 637 g/mol. The molecule has 0 spiro atoms. The number of sulfonamides is 1. The number of hydrogen-bond donors (Lipinski definition) is 1. The maximum atomic E-state index is 13.6. The Labute approximate surface area is 261 Å². The van der Waals surface area contributed by atoms with E-state index in [0.29, 0.717) is 41.0 Å². The summed E-state index contributed by atoms with van der Waals surface area (Å²) in [6.07, 6.45) is 3.36. The summed E-state index contributed by atoms with van der Waals surface area (Å²) in [7, 11) is -4.04. The zero-order valence-electron chi connectivity index (χ0n) is 24.0. The van der Waals surface area contributed by atoms with Crippen molar-refractivity contribution in [2.75, 3.05) is 23.7 Å². The van der Waals surface area contributed by atoms with Crippen LogP contribution < -0.4 is 19.2 Å². The lowest BCUT2D eigenvalue weighted by Gasteiger charge is -2.24. The summed E-state index contributed by atoms with van der Waals surface area (Å²) in [4.78, 5) is 14.0. The van der Waals surface area contributed by atoms with Crippen molar-refractivity contribution < 1.29 is 22.7 Å². The van der Waals surface area contributed by atoms with Crippen molar-refractivity contribution in [1.29, 1.82) is 0 Å². The van der Waals surface area contributed by atoms with Gasteiger partial charge in [0.2, 0.25) is 0 Å². The number of aryl methyl sites for hydroxylation is 1. The van der Waals surface area contributed by atoms with E-state index in [0.717, 1.165) is 20.3 Å². The molecular formula is C32H32ClN3O5S2. The molecule has 8 nitrogen and oxygen atoms in total. The second kappa shape index (κ2) is 15.0. The predicted octanol–water partition coefficient (Wildman–Crippen LogP) is 6.69. The van der Waals surface area contributed by atoms with Gasteiger partial charge in [-0.05, 0) is 98.0 Å².